The number of hydrogen-bond donors (Lipinski definition) is 4. The van der Waals surface area contributed by atoms with Crippen molar-refractivity contribution in [2.45, 2.75) is 37.4 Å². The summed E-state index contributed by atoms with van der Waals surface area (Å²) in [6.45, 7) is -0.656. The Morgan fingerprint density at radius 2 is 2.12 bits per heavy atom. The first-order valence-corrected chi connectivity index (χ1v) is 8.29. The molecule has 0 amide bonds. The lowest BCUT2D eigenvalue weighted by atomic mass is 10.1. The predicted molar refractivity (Wildman–Crippen MR) is 85.9 cm³/mol. The molecule has 4 atom stereocenters. The third kappa shape index (κ3) is 2.76. The Morgan fingerprint density at radius 3 is 2.73 bits per heavy atom. The van der Waals surface area contributed by atoms with Crippen molar-refractivity contribution in [3.8, 4) is 6.01 Å². The molecule has 2 fully saturated rings. The highest BCUT2D eigenvalue weighted by molar-refractivity contribution is 5.82. The molecule has 0 aromatic carbocycles. The Hall–Kier alpha value is -2.08. The van der Waals surface area contributed by atoms with Crippen molar-refractivity contribution in [1.82, 2.24) is 19.5 Å². The summed E-state index contributed by atoms with van der Waals surface area (Å²) in [5.41, 5.74) is 6.16. The third-order valence-corrected chi connectivity index (χ3v) is 4.99. The van der Waals surface area contributed by atoms with E-state index in [1.807, 2.05) is 0 Å². The van der Waals surface area contributed by atoms with E-state index in [0.29, 0.717) is 0 Å². The zero-order valence-electron chi connectivity index (χ0n) is 13.8. The molecule has 2 aromatic heterocycles. The standard InChI is InChI=1S/C15H20FN5O5/c16-3-7-9(23)10(24)13(26-7)21-6-18-8-11(17)19-14(20-12(8)21)25-5-15(4-22)1-2-15/h6-7,9-10,13,22-24H,1-5H2,(H2,17,19,20)/t7-,9-,10-,13-/m1/s1. The van der Waals surface area contributed by atoms with E-state index in [0.717, 1.165) is 12.8 Å². The highest BCUT2D eigenvalue weighted by atomic mass is 19.1. The van der Waals surface area contributed by atoms with Gasteiger partial charge in [-0.2, -0.15) is 9.97 Å². The number of nitrogens with zero attached hydrogens (tertiary/aromatic N) is 4. The van der Waals surface area contributed by atoms with Crippen molar-refractivity contribution in [2.75, 3.05) is 25.6 Å². The summed E-state index contributed by atoms with van der Waals surface area (Å²) in [4.78, 5) is 12.4. The van der Waals surface area contributed by atoms with E-state index in [1.165, 1.54) is 10.9 Å². The van der Waals surface area contributed by atoms with Crippen LogP contribution in [0.2, 0.25) is 0 Å². The number of aliphatic hydroxyl groups is 3. The van der Waals surface area contributed by atoms with E-state index in [-0.39, 0.29) is 41.6 Å². The summed E-state index contributed by atoms with van der Waals surface area (Å²) in [5, 5.41) is 29.4. The second-order valence-electron chi connectivity index (χ2n) is 6.86. The van der Waals surface area contributed by atoms with Crippen molar-refractivity contribution in [2.24, 2.45) is 5.41 Å². The molecule has 142 valence electrons. The van der Waals surface area contributed by atoms with Gasteiger partial charge in [0.25, 0.3) is 0 Å². The zero-order valence-corrected chi connectivity index (χ0v) is 13.8. The highest BCUT2D eigenvalue weighted by Gasteiger charge is 2.45. The molecule has 0 radical (unpaired) electrons. The lowest BCUT2D eigenvalue weighted by Gasteiger charge is -2.17. The number of alkyl halides is 1. The molecule has 0 unspecified atom stereocenters. The normalized spacial score (nSPS) is 30.0. The Bertz CT molecular complexity index is 813. The summed E-state index contributed by atoms with van der Waals surface area (Å²) in [7, 11) is 0. The minimum absolute atomic E-state index is 0.00607. The summed E-state index contributed by atoms with van der Waals surface area (Å²) in [5.74, 6) is 0.0765. The Kier molecular flexibility index (Phi) is 4.18. The summed E-state index contributed by atoms with van der Waals surface area (Å²) < 4.78 is 25.2. The highest BCUT2D eigenvalue weighted by Crippen LogP contribution is 2.45. The number of fused-ring (bicyclic) bond motifs is 1. The quantitative estimate of drug-likeness (QED) is 0.511. The number of nitrogens with two attached hydrogens (primary N) is 1. The predicted octanol–water partition coefficient (Wildman–Crippen LogP) is -0.852. The number of anilines is 1. The molecule has 1 aliphatic heterocycles. The van der Waals surface area contributed by atoms with Crippen LogP contribution in [0.3, 0.4) is 0 Å². The van der Waals surface area contributed by atoms with Gasteiger partial charge in [-0.05, 0) is 12.8 Å². The molecule has 2 aliphatic rings. The fraction of sp³-hybridized carbons (Fsp3) is 0.667. The van der Waals surface area contributed by atoms with E-state index < -0.39 is 31.2 Å². The number of rotatable bonds is 6. The molecule has 3 heterocycles. The Balaban J connectivity index is 1.64. The largest absolute Gasteiger partial charge is 0.463 e. The lowest BCUT2D eigenvalue weighted by Crippen LogP contribution is -2.32. The number of hydrogen-bond acceptors (Lipinski definition) is 9. The van der Waals surface area contributed by atoms with Crippen molar-refractivity contribution in [1.29, 1.82) is 0 Å². The van der Waals surface area contributed by atoms with Crippen LogP contribution in [0.1, 0.15) is 19.1 Å². The van der Waals surface area contributed by atoms with E-state index >= 15 is 0 Å². The molecule has 11 heteroatoms. The molecule has 10 nitrogen and oxygen atoms in total. The summed E-state index contributed by atoms with van der Waals surface area (Å²) in [6.07, 6.45) is -1.86. The molecule has 0 spiro atoms. The molecule has 1 aliphatic carbocycles. The van der Waals surface area contributed by atoms with Crippen LogP contribution in [0.15, 0.2) is 6.33 Å². The molecule has 0 bridgehead atoms. The topological polar surface area (TPSA) is 149 Å². The maximum atomic E-state index is 12.9. The number of ether oxygens (including phenoxy) is 2. The number of imidazole rings is 1. The van der Waals surface area contributed by atoms with Gasteiger partial charge in [0.15, 0.2) is 23.2 Å². The van der Waals surface area contributed by atoms with Gasteiger partial charge in [0.1, 0.15) is 25.0 Å². The van der Waals surface area contributed by atoms with Gasteiger partial charge >= 0.3 is 6.01 Å². The van der Waals surface area contributed by atoms with E-state index in [1.54, 1.807) is 0 Å². The number of aromatic nitrogens is 4. The summed E-state index contributed by atoms with van der Waals surface area (Å²) in [6, 6.07) is 0.00607. The van der Waals surface area contributed by atoms with Crippen molar-refractivity contribution >= 4 is 17.0 Å². The smallest absolute Gasteiger partial charge is 0.320 e. The maximum Gasteiger partial charge on any atom is 0.320 e. The van der Waals surface area contributed by atoms with Gasteiger partial charge in [0, 0.05) is 5.41 Å². The van der Waals surface area contributed by atoms with E-state index in [9.17, 15) is 19.7 Å². The fourth-order valence-electron chi connectivity index (χ4n) is 3.00. The lowest BCUT2D eigenvalue weighted by molar-refractivity contribution is -0.0409. The average Bonchev–Trinajstić information content (AvgIpc) is 3.22. The van der Waals surface area contributed by atoms with Crippen LogP contribution in [0, 0.1) is 5.41 Å². The van der Waals surface area contributed by atoms with E-state index in [4.69, 9.17) is 15.2 Å². The molecule has 4 rings (SSSR count). The van der Waals surface area contributed by atoms with Gasteiger partial charge in [-0.15, -0.1) is 0 Å². The van der Waals surface area contributed by atoms with Gasteiger partial charge in [-0.25, -0.2) is 9.37 Å². The second-order valence-corrected chi connectivity index (χ2v) is 6.86. The van der Waals surface area contributed by atoms with Crippen LogP contribution in [-0.4, -0.2) is 73.0 Å². The van der Waals surface area contributed by atoms with Crippen molar-refractivity contribution in [3.05, 3.63) is 6.33 Å². The second kappa shape index (κ2) is 6.27. The van der Waals surface area contributed by atoms with Crippen molar-refractivity contribution in [3.63, 3.8) is 0 Å². The average molecular weight is 369 g/mol. The Morgan fingerprint density at radius 1 is 1.35 bits per heavy atom. The third-order valence-electron chi connectivity index (χ3n) is 4.99. The number of aliphatic hydroxyl groups excluding tert-OH is 3. The van der Waals surface area contributed by atoms with Crippen LogP contribution >= 0.6 is 0 Å². The molecule has 2 aromatic rings. The minimum Gasteiger partial charge on any atom is -0.463 e. The number of halogens is 1. The first kappa shape index (κ1) is 17.3. The maximum absolute atomic E-state index is 12.9. The van der Waals surface area contributed by atoms with Gasteiger partial charge in [-0.3, -0.25) is 4.57 Å². The van der Waals surface area contributed by atoms with Crippen LogP contribution in [0.4, 0.5) is 10.2 Å². The van der Waals surface area contributed by atoms with Gasteiger partial charge in [0.2, 0.25) is 0 Å². The van der Waals surface area contributed by atoms with Crippen molar-refractivity contribution < 1.29 is 29.2 Å². The summed E-state index contributed by atoms with van der Waals surface area (Å²) >= 11 is 0. The van der Waals surface area contributed by atoms with Gasteiger partial charge in [0.05, 0.1) is 19.5 Å². The molecule has 26 heavy (non-hydrogen) atoms. The van der Waals surface area contributed by atoms with E-state index in [2.05, 4.69) is 15.0 Å². The minimum atomic E-state index is -1.36. The van der Waals surface area contributed by atoms with Gasteiger partial charge in [-0.1, -0.05) is 0 Å². The van der Waals surface area contributed by atoms with Crippen LogP contribution in [0.25, 0.3) is 11.2 Å². The number of nitrogen functional groups attached to an aromatic ring is 1. The van der Waals surface area contributed by atoms with Crippen LogP contribution < -0.4 is 10.5 Å². The first-order chi connectivity index (χ1) is 12.5. The molecule has 1 saturated heterocycles. The SMILES string of the molecule is Nc1nc(OCC2(CO)CC2)nc2c1ncn2[C@@H]1O[C@H](CF)[C@@H](O)[C@H]1O. The first-order valence-electron chi connectivity index (χ1n) is 8.29. The zero-order chi connectivity index (χ0) is 18.5. The molecule has 5 N–H and O–H groups in total. The van der Waals surface area contributed by atoms with Crippen LogP contribution in [0.5, 0.6) is 6.01 Å². The molecule has 1 saturated carbocycles. The molecular formula is C15H20FN5O5. The molecular weight excluding hydrogens is 349 g/mol. The Labute approximate surface area is 147 Å². The van der Waals surface area contributed by atoms with Gasteiger partial charge < -0.3 is 30.5 Å². The fourth-order valence-corrected chi connectivity index (χ4v) is 3.00. The monoisotopic (exact) mass is 369 g/mol. The van der Waals surface area contributed by atoms with Crippen LogP contribution in [-0.2, 0) is 4.74 Å².